The molecule has 1 amide bonds. The molecule has 0 aromatic heterocycles. The summed E-state index contributed by atoms with van der Waals surface area (Å²) < 4.78 is 10.2. The first-order valence-electron chi connectivity index (χ1n) is 6.63. The number of aliphatic hydroxyl groups excluding tert-OH is 1. The van der Waals surface area contributed by atoms with Crippen molar-refractivity contribution in [1.82, 2.24) is 0 Å². The van der Waals surface area contributed by atoms with Crippen LogP contribution in [-0.4, -0.2) is 41.0 Å². The first-order valence-corrected chi connectivity index (χ1v) is 6.63. The van der Waals surface area contributed by atoms with E-state index in [0.717, 1.165) is 0 Å². The quantitative estimate of drug-likeness (QED) is 0.369. The van der Waals surface area contributed by atoms with Crippen molar-refractivity contribution in [3.05, 3.63) is 5.32 Å². The smallest absolute Gasteiger partial charge is 0.509 e. The Morgan fingerprint density at radius 2 is 1.76 bits per heavy atom. The zero-order chi connectivity index (χ0) is 14.0. The number of rotatable bonds is 0. The van der Waals surface area contributed by atoms with Gasteiger partial charge in [-0.2, -0.15) is 0 Å². The summed E-state index contributed by atoms with van der Waals surface area (Å²) in [4.78, 5) is 22.6. The van der Waals surface area contributed by atoms with Crippen LogP contribution in [-0.2, 0) is 68.0 Å². The second kappa shape index (κ2) is 6.18. The molecule has 6 unspecified atom stereocenters. The molecule has 0 aromatic rings. The number of cyclic esters (lactones) is 1. The van der Waals surface area contributed by atoms with Crippen LogP contribution in [0.5, 0.6) is 0 Å². The van der Waals surface area contributed by atoms with Gasteiger partial charge in [-0.15, -0.1) is 0 Å². The van der Waals surface area contributed by atoms with Crippen LogP contribution in [0.3, 0.4) is 0 Å². The molecular weight excluding hydrogens is 523 g/mol. The predicted molar refractivity (Wildman–Crippen MR) is 64.4 cm³/mol. The van der Waals surface area contributed by atoms with Crippen LogP contribution in [0, 0.1) is 17.8 Å². The fourth-order valence-corrected chi connectivity index (χ4v) is 3.98. The molecule has 2 aliphatic heterocycles. The van der Waals surface area contributed by atoms with E-state index in [2.05, 4.69) is 5.32 Å². The molecule has 21 heavy (non-hydrogen) atoms. The summed E-state index contributed by atoms with van der Waals surface area (Å²) in [5, 5.41) is 14.8. The monoisotopic (exact) mass is 541 g/mol. The minimum absolute atomic E-state index is 0. The van der Waals surface area contributed by atoms with Gasteiger partial charge in [0.15, 0.2) is 5.60 Å². The molecule has 0 aromatic carbocycles. The summed E-state index contributed by atoms with van der Waals surface area (Å²) >= 11 is 0. The molecular formula is C13H18NO5WY-. The van der Waals surface area contributed by atoms with Crippen molar-refractivity contribution in [3.63, 3.8) is 0 Å². The molecule has 0 bridgehead atoms. The van der Waals surface area contributed by atoms with E-state index in [9.17, 15) is 14.7 Å². The number of ether oxygens (including phenoxy) is 2. The molecule has 1 N–H and O–H groups in total. The molecule has 8 heteroatoms. The Bertz CT molecular complexity index is 434. The molecule has 3 fully saturated rings. The predicted octanol–water partition coefficient (Wildman–Crippen LogP) is 1.21. The zero-order valence-corrected chi connectivity index (χ0v) is 18.0. The van der Waals surface area contributed by atoms with Crippen molar-refractivity contribution in [1.29, 1.82) is 0 Å². The van der Waals surface area contributed by atoms with E-state index in [0.29, 0.717) is 6.42 Å². The molecule has 1 aliphatic carbocycles. The summed E-state index contributed by atoms with van der Waals surface area (Å²) in [6.45, 7) is 5.84. The number of β-lactam (4-membered cyclic amide) rings is 1. The standard InChI is InChI=1S/C13H19NO5.W.Y/c1-6-7(2)13(5-18-11(17)19-13)10(16)8(3)12(6)4-9(15)14-12;;/h6-8,10,16H,4-5H2,1-3H3,(H,14,15);;/p-1. The van der Waals surface area contributed by atoms with Gasteiger partial charge in [-0.3, -0.25) is 0 Å². The van der Waals surface area contributed by atoms with Crippen LogP contribution in [0.25, 0.3) is 5.32 Å². The van der Waals surface area contributed by atoms with Gasteiger partial charge in [0.25, 0.3) is 0 Å². The van der Waals surface area contributed by atoms with E-state index in [1.54, 1.807) is 0 Å². The molecule has 3 aliphatic rings. The summed E-state index contributed by atoms with van der Waals surface area (Å²) in [5.74, 6) is -0.445. The van der Waals surface area contributed by atoms with Gasteiger partial charge in [0.1, 0.15) is 6.61 Å². The van der Waals surface area contributed by atoms with Crippen molar-refractivity contribution < 1.29 is 77.9 Å². The average molecular weight is 541 g/mol. The van der Waals surface area contributed by atoms with Gasteiger partial charge in [0.2, 0.25) is 0 Å². The van der Waals surface area contributed by atoms with Crippen molar-refractivity contribution in [2.75, 3.05) is 6.61 Å². The van der Waals surface area contributed by atoms with Gasteiger partial charge < -0.3 is 24.7 Å². The van der Waals surface area contributed by atoms with Gasteiger partial charge in [0, 0.05) is 59.7 Å². The van der Waals surface area contributed by atoms with E-state index in [-0.39, 0.29) is 84.0 Å². The average Bonchev–Trinajstić information content (AvgIpc) is 2.73. The van der Waals surface area contributed by atoms with Crippen LogP contribution in [0.1, 0.15) is 27.2 Å². The summed E-state index contributed by atoms with van der Waals surface area (Å²) in [7, 11) is 0. The Morgan fingerprint density at radius 3 is 2.19 bits per heavy atom. The first kappa shape index (κ1) is 19.5. The molecule has 6 atom stereocenters. The third-order valence-corrected chi connectivity index (χ3v) is 5.53. The number of amides is 1. The SMILES string of the molecule is CC1C(C)C2(COC(=O)O2)C(O)C(C)C12CC(=O)[N-]2.[W].[Y]. The summed E-state index contributed by atoms with van der Waals surface area (Å²) in [6, 6.07) is 0. The Kier molecular flexibility index (Phi) is 5.75. The maximum Gasteiger partial charge on any atom is 0.509 e. The molecule has 2 spiro atoms. The number of carbonyl (C=O) groups excluding carboxylic acids is 2. The van der Waals surface area contributed by atoms with E-state index in [4.69, 9.17) is 9.47 Å². The Hall–Kier alpha value is 0.492. The minimum atomic E-state index is -1.00. The number of nitrogens with zero attached hydrogens (tertiary/aromatic N) is 1. The molecule has 1 saturated carbocycles. The number of hydrogen-bond donors (Lipinski definition) is 1. The molecule has 115 valence electrons. The summed E-state index contributed by atoms with van der Waals surface area (Å²) in [6.07, 6.45) is -1.24. The second-order valence-corrected chi connectivity index (χ2v) is 6.08. The van der Waals surface area contributed by atoms with E-state index >= 15 is 0 Å². The van der Waals surface area contributed by atoms with Gasteiger partial charge in [-0.05, 0) is 18.3 Å². The van der Waals surface area contributed by atoms with Crippen LogP contribution >= 0.6 is 0 Å². The molecule has 2 heterocycles. The molecule has 2 saturated heterocycles. The van der Waals surface area contributed by atoms with Crippen molar-refractivity contribution in [2.24, 2.45) is 17.8 Å². The maximum absolute atomic E-state index is 11.3. The van der Waals surface area contributed by atoms with Crippen LogP contribution in [0.15, 0.2) is 0 Å². The van der Waals surface area contributed by atoms with Gasteiger partial charge in [-0.25, -0.2) is 4.79 Å². The third-order valence-electron chi connectivity index (χ3n) is 5.53. The number of hydrogen-bond acceptors (Lipinski definition) is 5. The van der Waals surface area contributed by atoms with Gasteiger partial charge >= 0.3 is 6.16 Å². The second-order valence-electron chi connectivity index (χ2n) is 6.08. The van der Waals surface area contributed by atoms with Crippen LogP contribution in [0.4, 0.5) is 4.79 Å². The minimum Gasteiger partial charge on any atom is -0.647 e. The summed E-state index contributed by atoms with van der Waals surface area (Å²) in [5.41, 5.74) is -1.52. The van der Waals surface area contributed by atoms with Gasteiger partial charge in [0.05, 0.1) is 12.0 Å². The third kappa shape index (κ3) is 2.45. The number of carbonyl (C=O) groups is 2. The topological polar surface area (TPSA) is 86.9 Å². The molecule has 6 nitrogen and oxygen atoms in total. The Balaban J connectivity index is 0.00000110. The first-order chi connectivity index (χ1) is 8.83. The van der Waals surface area contributed by atoms with Crippen molar-refractivity contribution in [3.8, 4) is 0 Å². The Labute approximate surface area is 163 Å². The van der Waals surface area contributed by atoms with Crippen LogP contribution < -0.4 is 0 Å². The number of aliphatic hydroxyl groups is 1. The van der Waals surface area contributed by atoms with E-state index < -0.39 is 23.4 Å². The fraction of sp³-hybridized carbons (Fsp3) is 0.846. The maximum atomic E-state index is 11.3. The van der Waals surface area contributed by atoms with E-state index in [1.165, 1.54) is 0 Å². The van der Waals surface area contributed by atoms with Gasteiger partial charge in [-0.1, -0.05) is 26.3 Å². The largest absolute Gasteiger partial charge is 0.647 e. The van der Waals surface area contributed by atoms with Crippen LogP contribution in [0.2, 0.25) is 0 Å². The Morgan fingerprint density at radius 1 is 1.19 bits per heavy atom. The van der Waals surface area contributed by atoms with Crippen molar-refractivity contribution >= 4 is 12.1 Å². The fourth-order valence-electron chi connectivity index (χ4n) is 3.98. The van der Waals surface area contributed by atoms with Crippen molar-refractivity contribution in [2.45, 2.75) is 44.4 Å². The zero-order valence-electron chi connectivity index (χ0n) is 12.2. The molecule has 3 rings (SSSR count). The van der Waals surface area contributed by atoms with E-state index in [1.807, 2.05) is 20.8 Å². The molecule has 1 radical (unpaired) electrons. The normalized spacial score (nSPS) is 47.6.